The van der Waals surface area contributed by atoms with Gasteiger partial charge in [-0.15, -0.1) is 0 Å². The first-order valence-electron chi connectivity index (χ1n) is 8.89. The lowest BCUT2D eigenvalue weighted by molar-refractivity contribution is -0.141. The lowest BCUT2D eigenvalue weighted by Gasteiger charge is -2.37. The van der Waals surface area contributed by atoms with E-state index < -0.39 is 12.7 Å². The van der Waals surface area contributed by atoms with E-state index in [1.54, 1.807) is 24.8 Å². The van der Waals surface area contributed by atoms with Crippen LogP contribution < -0.4 is 0 Å². The SMILES string of the molecule is Cc1cc(C(=O)N2C[C@@H](C)O[C@@H](c3ccccc3)C2)c(C)n1CC(F)(F)F. The lowest BCUT2D eigenvalue weighted by Crippen LogP contribution is -2.46. The van der Waals surface area contributed by atoms with Gasteiger partial charge in [-0.3, -0.25) is 4.79 Å². The van der Waals surface area contributed by atoms with Gasteiger partial charge in [-0.05, 0) is 32.4 Å². The number of carbonyl (C=O) groups is 1. The second kappa shape index (κ2) is 7.38. The molecule has 1 amide bonds. The van der Waals surface area contributed by atoms with E-state index in [4.69, 9.17) is 4.74 Å². The van der Waals surface area contributed by atoms with Crippen molar-refractivity contribution in [3.63, 3.8) is 0 Å². The molecule has 1 aromatic carbocycles. The fourth-order valence-electron chi connectivity index (χ4n) is 3.58. The Morgan fingerprint density at radius 2 is 1.85 bits per heavy atom. The number of aromatic nitrogens is 1. The fourth-order valence-corrected chi connectivity index (χ4v) is 3.58. The molecule has 0 spiro atoms. The zero-order valence-corrected chi connectivity index (χ0v) is 15.6. The number of morpholine rings is 1. The van der Waals surface area contributed by atoms with Crippen LogP contribution in [0, 0.1) is 13.8 Å². The average molecular weight is 380 g/mol. The number of amides is 1. The summed E-state index contributed by atoms with van der Waals surface area (Å²) in [4.78, 5) is 14.7. The number of halogens is 3. The average Bonchev–Trinajstić information content (AvgIpc) is 2.88. The number of alkyl halides is 3. The van der Waals surface area contributed by atoms with Crippen LogP contribution >= 0.6 is 0 Å². The van der Waals surface area contributed by atoms with Crippen LogP contribution in [-0.2, 0) is 11.3 Å². The second-order valence-electron chi connectivity index (χ2n) is 7.04. The molecule has 0 saturated carbocycles. The number of ether oxygens (including phenoxy) is 1. The van der Waals surface area contributed by atoms with Crippen LogP contribution in [0.4, 0.5) is 13.2 Å². The van der Waals surface area contributed by atoms with Crippen molar-refractivity contribution >= 4 is 5.91 Å². The molecule has 146 valence electrons. The maximum Gasteiger partial charge on any atom is 0.406 e. The smallest absolute Gasteiger partial charge is 0.367 e. The molecule has 0 aliphatic carbocycles. The van der Waals surface area contributed by atoms with E-state index in [-0.39, 0.29) is 18.1 Å². The molecule has 0 bridgehead atoms. The molecule has 1 aliphatic heterocycles. The minimum atomic E-state index is -4.33. The molecule has 1 aromatic heterocycles. The zero-order chi connectivity index (χ0) is 19.8. The van der Waals surface area contributed by atoms with Crippen molar-refractivity contribution in [3.05, 3.63) is 58.9 Å². The molecule has 4 nitrogen and oxygen atoms in total. The molecule has 0 unspecified atom stereocenters. The Labute approximate surface area is 156 Å². The summed E-state index contributed by atoms with van der Waals surface area (Å²) in [6.45, 7) is 4.72. The molecule has 2 heterocycles. The Kier molecular flexibility index (Phi) is 5.33. The van der Waals surface area contributed by atoms with Crippen LogP contribution in [0.2, 0.25) is 0 Å². The number of aryl methyl sites for hydroxylation is 1. The van der Waals surface area contributed by atoms with Crippen molar-refractivity contribution in [2.45, 2.75) is 45.7 Å². The van der Waals surface area contributed by atoms with Crippen LogP contribution in [0.15, 0.2) is 36.4 Å². The van der Waals surface area contributed by atoms with E-state index in [2.05, 4.69) is 0 Å². The number of hydrogen-bond acceptors (Lipinski definition) is 2. The van der Waals surface area contributed by atoms with Crippen molar-refractivity contribution in [2.24, 2.45) is 0 Å². The summed E-state index contributed by atoms with van der Waals surface area (Å²) in [6, 6.07) is 11.2. The Bertz CT molecular complexity index is 815. The van der Waals surface area contributed by atoms with Gasteiger partial charge in [0.2, 0.25) is 0 Å². The number of benzene rings is 1. The van der Waals surface area contributed by atoms with Gasteiger partial charge >= 0.3 is 6.18 Å². The highest BCUT2D eigenvalue weighted by atomic mass is 19.4. The largest absolute Gasteiger partial charge is 0.406 e. The molecule has 7 heteroatoms. The molecular formula is C20H23F3N2O2. The number of carbonyl (C=O) groups excluding carboxylic acids is 1. The van der Waals surface area contributed by atoms with E-state index in [1.165, 1.54) is 0 Å². The summed E-state index contributed by atoms with van der Waals surface area (Å²) < 4.78 is 45.6. The zero-order valence-electron chi connectivity index (χ0n) is 15.6. The third kappa shape index (κ3) is 4.35. The van der Waals surface area contributed by atoms with Gasteiger partial charge in [0.05, 0.1) is 18.2 Å². The van der Waals surface area contributed by atoms with Gasteiger partial charge in [-0.2, -0.15) is 13.2 Å². The van der Waals surface area contributed by atoms with Crippen molar-refractivity contribution in [1.82, 2.24) is 9.47 Å². The van der Waals surface area contributed by atoms with Crippen molar-refractivity contribution in [2.75, 3.05) is 13.1 Å². The fraction of sp³-hybridized carbons (Fsp3) is 0.450. The van der Waals surface area contributed by atoms with Crippen LogP contribution in [0.5, 0.6) is 0 Å². The summed E-state index contributed by atoms with van der Waals surface area (Å²) in [6.07, 6.45) is -4.75. The Hall–Kier alpha value is -2.28. The standard InChI is InChI=1S/C20H23F3N2O2/c1-13-9-17(15(3)25(13)12-20(21,22)23)19(26)24-10-14(2)27-18(11-24)16-7-5-4-6-8-16/h4-9,14,18H,10-12H2,1-3H3/t14-,18-/m1/s1. The third-order valence-corrected chi connectivity index (χ3v) is 4.86. The molecule has 0 radical (unpaired) electrons. The molecule has 0 N–H and O–H groups in total. The second-order valence-corrected chi connectivity index (χ2v) is 7.04. The van der Waals surface area contributed by atoms with Crippen molar-refractivity contribution in [1.29, 1.82) is 0 Å². The quantitative estimate of drug-likeness (QED) is 0.797. The van der Waals surface area contributed by atoms with Gasteiger partial charge in [0.25, 0.3) is 5.91 Å². The highest BCUT2D eigenvalue weighted by Crippen LogP contribution is 2.28. The molecule has 1 aliphatic rings. The maximum absolute atomic E-state index is 13.0. The number of rotatable bonds is 3. The summed E-state index contributed by atoms with van der Waals surface area (Å²) in [5, 5.41) is 0. The first kappa shape index (κ1) is 19.5. The number of hydrogen-bond donors (Lipinski definition) is 0. The minimum absolute atomic E-state index is 0.161. The number of nitrogens with zero attached hydrogens (tertiary/aromatic N) is 2. The van der Waals surface area contributed by atoms with Crippen LogP contribution in [-0.4, -0.2) is 40.7 Å². The van der Waals surface area contributed by atoms with E-state index in [1.807, 2.05) is 37.3 Å². The molecule has 2 aromatic rings. The summed E-state index contributed by atoms with van der Waals surface area (Å²) in [7, 11) is 0. The molecular weight excluding hydrogens is 357 g/mol. The Morgan fingerprint density at radius 1 is 1.19 bits per heavy atom. The van der Waals surface area contributed by atoms with Crippen LogP contribution in [0.25, 0.3) is 0 Å². The molecule has 1 fully saturated rings. The minimum Gasteiger partial charge on any atom is -0.367 e. The van der Waals surface area contributed by atoms with Gasteiger partial charge in [0, 0.05) is 17.9 Å². The first-order chi connectivity index (χ1) is 12.7. The van der Waals surface area contributed by atoms with Gasteiger partial charge in [-0.25, -0.2) is 0 Å². The summed E-state index contributed by atoms with van der Waals surface area (Å²) in [5.41, 5.74) is 2.06. The van der Waals surface area contributed by atoms with Crippen molar-refractivity contribution < 1.29 is 22.7 Å². The summed E-state index contributed by atoms with van der Waals surface area (Å²) in [5.74, 6) is -0.257. The van der Waals surface area contributed by atoms with E-state index in [0.29, 0.717) is 30.0 Å². The van der Waals surface area contributed by atoms with Gasteiger partial charge in [0.15, 0.2) is 0 Å². The first-order valence-corrected chi connectivity index (χ1v) is 8.89. The Morgan fingerprint density at radius 3 is 2.48 bits per heavy atom. The topological polar surface area (TPSA) is 34.5 Å². The monoisotopic (exact) mass is 380 g/mol. The highest BCUT2D eigenvalue weighted by molar-refractivity contribution is 5.95. The van der Waals surface area contributed by atoms with E-state index >= 15 is 0 Å². The van der Waals surface area contributed by atoms with Crippen molar-refractivity contribution in [3.8, 4) is 0 Å². The van der Waals surface area contributed by atoms with E-state index in [0.717, 1.165) is 10.1 Å². The Balaban J connectivity index is 1.84. The molecule has 2 atom stereocenters. The molecule has 1 saturated heterocycles. The predicted molar refractivity (Wildman–Crippen MR) is 95.6 cm³/mol. The molecule has 27 heavy (non-hydrogen) atoms. The predicted octanol–water partition coefficient (Wildman–Crippen LogP) is 4.27. The maximum atomic E-state index is 13.0. The van der Waals surface area contributed by atoms with Crippen LogP contribution in [0.1, 0.15) is 40.3 Å². The van der Waals surface area contributed by atoms with Gasteiger partial charge in [-0.1, -0.05) is 30.3 Å². The normalized spacial score (nSPS) is 20.7. The molecule has 3 rings (SSSR count). The highest BCUT2D eigenvalue weighted by Gasteiger charge is 2.33. The van der Waals surface area contributed by atoms with Crippen LogP contribution in [0.3, 0.4) is 0 Å². The van der Waals surface area contributed by atoms with E-state index in [9.17, 15) is 18.0 Å². The van der Waals surface area contributed by atoms with Gasteiger partial charge < -0.3 is 14.2 Å². The van der Waals surface area contributed by atoms with Gasteiger partial charge in [0.1, 0.15) is 12.6 Å². The summed E-state index contributed by atoms with van der Waals surface area (Å²) >= 11 is 0. The third-order valence-electron chi connectivity index (χ3n) is 4.86. The lowest BCUT2D eigenvalue weighted by atomic mass is 10.1.